The second-order valence-corrected chi connectivity index (χ2v) is 4.09. The number of benzene rings is 1. The van der Waals surface area contributed by atoms with Crippen LogP contribution >= 0.6 is 0 Å². The molecule has 0 radical (unpaired) electrons. The SMILES string of the molecule is CCCCC[C@@H]1Oc2ccccc2NC1=O. The van der Waals surface area contributed by atoms with Gasteiger partial charge in [-0.05, 0) is 25.0 Å². The summed E-state index contributed by atoms with van der Waals surface area (Å²) >= 11 is 0. The van der Waals surface area contributed by atoms with Crippen LogP contribution in [0.3, 0.4) is 0 Å². The Morgan fingerprint density at radius 1 is 1.31 bits per heavy atom. The highest BCUT2D eigenvalue weighted by Gasteiger charge is 2.26. The van der Waals surface area contributed by atoms with Crippen molar-refractivity contribution in [2.75, 3.05) is 5.32 Å². The van der Waals surface area contributed by atoms with Crippen molar-refractivity contribution in [2.24, 2.45) is 0 Å². The minimum atomic E-state index is -0.318. The van der Waals surface area contributed by atoms with Crippen LogP contribution < -0.4 is 10.1 Å². The minimum Gasteiger partial charge on any atom is -0.478 e. The van der Waals surface area contributed by atoms with Crippen LogP contribution in [0, 0.1) is 0 Å². The number of fused-ring (bicyclic) bond motifs is 1. The lowest BCUT2D eigenvalue weighted by Crippen LogP contribution is -2.36. The monoisotopic (exact) mass is 219 g/mol. The molecule has 1 aromatic carbocycles. The van der Waals surface area contributed by atoms with Crippen LogP contribution in [-0.2, 0) is 4.79 Å². The maximum atomic E-state index is 11.7. The fourth-order valence-electron chi connectivity index (χ4n) is 1.86. The molecule has 0 saturated heterocycles. The van der Waals surface area contributed by atoms with Gasteiger partial charge >= 0.3 is 0 Å². The molecule has 0 unspecified atom stereocenters. The number of nitrogens with one attached hydrogen (secondary N) is 1. The second-order valence-electron chi connectivity index (χ2n) is 4.09. The first-order valence-corrected chi connectivity index (χ1v) is 5.88. The predicted octanol–water partition coefficient (Wildman–Crippen LogP) is 2.97. The first kappa shape index (κ1) is 11.0. The largest absolute Gasteiger partial charge is 0.478 e. The molecule has 0 spiro atoms. The van der Waals surface area contributed by atoms with Crippen molar-refractivity contribution >= 4 is 11.6 Å². The van der Waals surface area contributed by atoms with E-state index in [-0.39, 0.29) is 12.0 Å². The molecule has 1 aliphatic rings. The van der Waals surface area contributed by atoms with Gasteiger partial charge in [0.15, 0.2) is 6.10 Å². The van der Waals surface area contributed by atoms with Gasteiger partial charge in [-0.3, -0.25) is 4.79 Å². The maximum Gasteiger partial charge on any atom is 0.265 e. The smallest absolute Gasteiger partial charge is 0.265 e. The van der Waals surface area contributed by atoms with Crippen LogP contribution in [0.1, 0.15) is 32.6 Å². The van der Waals surface area contributed by atoms with Crippen LogP contribution in [0.5, 0.6) is 5.75 Å². The Bertz CT molecular complexity index is 376. The fraction of sp³-hybridized carbons (Fsp3) is 0.462. The molecule has 1 N–H and O–H groups in total. The summed E-state index contributed by atoms with van der Waals surface area (Å²) in [5.74, 6) is 0.762. The Balaban J connectivity index is 2.01. The van der Waals surface area contributed by atoms with Crippen LogP contribution in [0.15, 0.2) is 24.3 Å². The van der Waals surface area contributed by atoms with E-state index in [1.165, 1.54) is 0 Å². The van der Waals surface area contributed by atoms with Crippen LogP contribution in [0.4, 0.5) is 5.69 Å². The summed E-state index contributed by atoms with van der Waals surface area (Å²) in [4.78, 5) is 11.7. The number of anilines is 1. The number of carbonyl (C=O) groups excluding carboxylic acids is 1. The Morgan fingerprint density at radius 3 is 2.94 bits per heavy atom. The number of ether oxygens (including phenoxy) is 1. The summed E-state index contributed by atoms with van der Waals surface area (Å²) in [6.07, 6.45) is 3.83. The molecule has 1 aliphatic heterocycles. The van der Waals surface area contributed by atoms with E-state index in [4.69, 9.17) is 4.74 Å². The molecular formula is C13H17NO2. The highest BCUT2D eigenvalue weighted by Crippen LogP contribution is 2.29. The number of para-hydroxylation sites is 2. The second kappa shape index (κ2) is 5.01. The average molecular weight is 219 g/mol. The number of rotatable bonds is 4. The van der Waals surface area contributed by atoms with E-state index in [0.717, 1.165) is 37.1 Å². The summed E-state index contributed by atoms with van der Waals surface area (Å²) < 4.78 is 5.68. The molecule has 3 nitrogen and oxygen atoms in total. The Kier molecular flexibility index (Phi) is 3.44. The molecule has 0 aromatic heterocycles. The Hall–Kier alpha value is -1.51. The molecule has 0 bridgehead atoms. The first-order chi connectivity index (χ1) is 7.81. The van der Waals surface area contributed by atoms with Crippen molar-refractivity contribution in [2.45, 2.75) is 38.7 Å². The molecule has 1 heterocycles. The molecule has 1 amide bonds. The van der Waals surface area contributed by atoms with Gasteiger partial charge in [-0.15, -0.1) is 0 Å². The quantitative estimate of drug-likeness (QED) is 0.790. The minimum absolute atomic E-state index is 0.0187. The number of carbonyl (C=O) groups is 1. The van der Waals surface area contributed by atoms with Gasteiger partial charge < -0.3 is 10.1 Å². The predicted molar refractivity (Wildman–Crippen MR) is 63.6 cm³/mol. The summed E-state index contributed by atoms with van der Waals surface area (Å²) in [6, 6.07) is 7.55. The number of unbranched alkanes of at least 4 members (excludes halogenated alkanes) is 2. The number of amides is 1. The van der Waals surface area contributed by atoms with Crippen molar-refractivity contribution in [3.8, 4) is 5.75 Å². The molecule has 86 valence electrons. The third-order valence-corrected chi connectivity index (χ3v) is 2.78. The fourth-order valence-corrected chi connectivity index (χ4v) is 1.86. The lowest BCUT2D eigenvalue weighted by atomic mass is 10.1. The molecule has 16 heavy (non-hydrogen) atoms. The van der Waals surface area contributed by atoms with Crippen LogP contribution in [-0.4, -0.2) is 12.0 Å². The molecule has 0 saturated carbocycles. The Morgan fingerprint density at radius 2 is 2.12 bits per heavy atom. The van der Waals surface area contributed by atoms with Gasteiger partial charge in [0, 0.05) is 0 Å². The van der Waals surface area contributed by atoms with Crippen molar-refractivity contribution in [1.82, 2.24) is 0 Å². The summed E-state index contributed by atoms with van der Waals surface area (Å²) in [5.41, 5.74) is 0.777. The third-order valence-electron chi connectivity index (χ3n) is 2.78. The van der Waals surface area contributed by atoms with E-state index >= 15 is 0 Å². The van der Waals surface area contributed by atoms with Crippen molar-refractivity contribution in [3.05, 3.63) is 24.3 Å². The first-order valence-electron chi connectivity index (χ1n) is 5.88. The van der Waals surface area contributed by atoms with Gasteiger partial charge in [-0.25, -0.2) is 0 Å². The van der Waals surface area contributed by atoms with E-state index in [2.05, 4.69) is 12.2 Å². The standard InChI is InChI=1S/C13H17NO2/c1-2-3-4-9-12-13(15)14-10-7-5-6-8-11(10)16-12/h5-8,12H,2-4,9H2,1H3,(H,14,15)/t12-/m0/s1. The third kappa shape index (κ3) is 2.35. The normalized spacial score (nSPS) is 18.6. The highest BCUT2D eigenvalue weighted by atomic mass is 16.5. The molecular weight excluding hydrogens is 202 g/mol. The molecule has 2 rings (SSSR count). The zero-order valence-corrected chi connectivity index (χ0v) is 9.53. The van der Waals surface area contributed by atoms with Crippen LogP contribution in [0.2, 0.25) is 0 Å². The lowest BCUT2D eigenvalue weighted by Gasteiger charge is -2.25. The lowest BCUT2D eigenvalue weighted by molar-refractivity contribution is -0.123. The van der Waals surface area contributed by atoms with Gasteiger partial charge in [0.2, 0.25) is 0 Å². The molecule has 0 fully saturated rings. The van der Waals surface area contributed by atoms with Crippen molar-refractivity contribution < 1.29 is 9.53 Å². The van der Waals surface area contributed by atoms with E-state index in [0.29, 0.717) is 0 Å². The summed E-state index contributed by atoms with van der Waals surface area (Å²) in [7, 11) is 0. The van der Waals surface area contributed by atoms with E-state index in [1.807, 2.05) is 24.3 Å². The molecule has 1 atom stereocenters. The zero-order chi connectivity index (χ0) is 11.4. The summed E-state index contributed by atoms with van der Waals surface area (Å²) in [6.45, 7) is 2.15. The van der Waals surface area contributed by atoms with Gasteiger partial charge in [-0.1, -0.05) is 31.9 Å². The topological polar surface area (TPSA) is 38.3 Å². The highest BCUT2D eigenvalue weighted by molar-refractivity contribution is 5.97. The number of hydrogen-bond acceptors (Lipinski definition) is 2. The van der Waals surface area contributed by atoms with Crippen molar-refractivity contribution in [3.63, 3.8) is 0 Å². The van der Waals surface area contributed by atoms with E-state index in [9.17, 15) is 4.79 Å². The van der Waals surface area contributed by atoms with Gasteiger partial charge in [0.1, 0.15) is 5.75 Å². The number of hydrogen-bond donors (Lipinski definition) is 1. The van der Waals surface area contributed by atoms with Crippen LogP contribution in [0.25, 0.3) is 0 Å². The van der Waals surface area contributed by atoms with Gasteiger partial charge in [0.25, 0.3) is 5.91 Å². The maximum absolute atomic E-state index is 11.7. The molecule has 3 heteroatoms. The average Bonchev–Trinajstić information content (AvgIpc) is 2.30. The summed E-state index contributed by atoms with van der Waals surface area (Å²) in [5, 5.41) is 2.87. The molecule has 1 aromatic rings. The van der Waals surface area contributed by atoms with Gasteiger partial charge in [0.05, 0.1) is 5.69 Å². The Labute approximate surface area is 95.8 Å². The van der Waals surface area contributed by atoms with E-state index in [1.54, 1.807) is 0 Å². The molecule has 0 aliphatic carbocycles. The van der Waals surface area contributed by atoms with Gasteiger partial charge in [-0.2, -0.15) is 0 Å². The van der Waals surface area contributed by atoms with E-state index < -0.39 is 0 Å². The van der Waals surface area contributed by atoms with Crippen molar-refractivity contribution in [1.29, 1.82) is 0 Å². The zero-order valence-electron chi connectivity index (χ0n) is 9.53.